The third-order valence-electron chi connectivity index (χ3n) is 6.99. The summed E-state index contributed by atoms with van der Waals surface area (Å²) in [6.45, 7) is 6.10. The van der Waals surface area contributed by atoms with E-state index in [4.69, 9.17) is 4.98 Å². The van der Waals surface area contributed by atoms with E-state index in [2.05, 4.69) is 80.9 Å². The summed E-state index contributed by atoms with van der Waals surface area (Å²) in [6, 6.07) is 17.5. The van der Waals surface area contributed by atoms with Gasteiger partial charge in [0.1, 0.15) is 0 Å². The maximum atomic E-state index is 4.70. The summed E-state index contributed by atoms with van der Waals surface area (Å²) in [5, 5.41) is 8.60. The van der Waals surface area contributed by atoms with Crippen LogP contribution in [-0.4, -0.2) is 32.6 Å². The molecule has 1 fully saturated rings. The summed E-state index contributed by atoms with van der Waals surface area (Å²) in [7, 11) is 2.08. The van der Waals surface area contributed by atoms with E-state index in [9.17, 15) is 0 Å². The molecule has 1 unspecified atom stereocenters. The van der Waals surface area contributed by atoms with Gasteiger partial charge in [0.15, 0.2) is 0 Å². The molecule has 0 bridgehead atoms. The van der Waals surface area contributed by atoms with Crippen molar-refractivity contribution >= 4 is 27.6 Å². The lowest BCUT2D eigenvalue weighted by atomic mass is 9.86. The van der Waals surface area contributed by atoms with Crippen molar-refractivity contribution < 1.29 is 0 Å². The largest absolute Gasteiger partial charge is 0.378 e. The number of fused-ring (bicyclic) bond motifs is 2. The number of hydrogen-bond donors (Lipinski definition) is 2. The predicted octanol–water partition coefficient (Wildman–Crippen LogP) is 6.36. The highest BCUT2D eigenvalue weighted by Crippen LogP contribution is 2.36. The number of aryl methyl sites for hydroxylation is 1. The molecule has 6 rings (SSSR count). The molecule has 1 atom stereocenters. The SMILES string of the molecule is CC.Cn1ccc2ccc(-c3cc(NC(c4cccnc4)C4CCNCC4)cc4nccnc34)cc21. The van der Waals surface area contributed by atoms with Crippen LogP contribution in [0.2, 0.25) is 0 Å². The Balaban J connectivity index is 0.00000130. The number of aromatic nitrogens is 4. The third-order valence-corrected chi connectivity index (χ3v) is 6.99. The Labute approximate surface area is 212 Å². The van der Waals surface area contributed by atoms with Crippen LogP contribution in [0.4, 0.5) is 5.69 Å². The normalized spacial score (nSPS) is 14.9. The summed E-state index contributed by atoms with van der Waals surface area (Å²) in [5.74, 6) is 0.533. The molecule has 0 radical (unpaired) electrons. The maximum Gasteiger partial charge on any atom is 0.0966 e. The van der Waals surface area contributed by atoms with E-state index in [0.717, 1.165) is 53.8 Å². The van der Waals surface area contributed by atoms with Crippen molar-refractivity contribution in [2.45, 2.75) is 32.7 Å². The van der Waals surface area contributed by atoms with Crippen LogP contribution in [-0.2, 0) is 7.05 Å². The highest BCUT2D eigenvalue weighted by molar-refractivity contribution is 5.97. The Bertz CT molecular complexity index is 1440. The van der Waals surface area contributed by atoms with Crippen molar-refractivity contribution in [3.05, 3.63) is 85.1 Å². The molecular formula is C30H34N6. The molecule has 5 aromatic rings. The number of rotatable bonds is 5. The van der Waals surface area contributed by atoms with Crippen molar-refractivity contribution in [1.82, 2.24) is 24.8 Å². The van der Waals surface area contributed by atoms with Crippen LogP contribution in [0.15, 0.2) is 79.5 Å². The molecule has 36 heavy (non-hydrogen) atoms. The van der Waals surface area contributed by atoms with Crippen LogP contribution < -0.4 is 10.6 Å². The molecule has 1 aliphatic rings. The zero-order chi connectivity index (χ0) is 24.9. The number of pyridine rings is 1. The molecule has 0 spiro atoms. The molecular weight excluding hydrogens is 444 g/mol. The fourth-order valence-corrected chi connectivity index (χ4v) is 5.20. The Kier molecular flexibility index (Phi) is 7.23. The number of benzene rings is 2. The fourth-order valence-electron chi connectivity index (χ4n) is 5.20. The van der Waals surface area contributed by atoms with Crippen molar-refractivity contribution in [1.29, 1.82) is 0 Å². The summed E-state index contributed by atoms with van der Waals surface area (Å²) in [6.07, 6.45) is 11.7. The summed E-state index contributed by atoms with van der Waals surface area (Å²) >= 11 is 0. The van der Waals surface area contributed by atoms with E-state index < -0.39 is 0 Å². The average Bonchev–Trinajstić information content (AvgIpc) is 3.33. The molecule has 0 aliphatic carbocycles. The van der Waals surface area contributed by atoms with Crippen LogP contribution >= 0.6 is 0 Å². The lowest BCUT2D eigenvalue weighted by Gasteiger charge is -2.32. The summed E-state index contributed by atoms with van der Waals surface area (Å²) in [4.78, 5) is 13.8. The lowest BCUT2D eigenvalue weighted by molar-refractivity contribution is 0.335. The standard InChI is InChI=1S/C28H28N6.C2H6/c1-34-14-8-19-4-5-21(15-26(19)34)24-16-23(17-25-28(24)32-13-12-31-25)33-27(20-6-10-29-11-7-20)22-3-2-9-30-18-22;1-2/h2-5,8-9,12-18,20,27,29,33H,6-7,10-11H2,1H3;1-2H3. The Hall–Kier alpha value is -3.77. The van der Waals surface area contributed by atoms with E-state index >= 15 is 0 Å². The molecule has 0 amide bonds. The zero-order valence-corrected chi connectivity index (χ0v) is 21.3. The van der Waals surface area contributed by atoms with Crippen molar-refractivity contribution in [2.24, 2.45) is 13.0 Å². The van der Waals surface area contributed by atoms with Gasteiger partial charge in [0.2, 0.25) is 0 Å². The minimum atomic E-state index is 0.188. The van der Waals surface area contributed by atoms with E-state index in [1.54, 1.807) is 12.4 Å². The smallest absolute Gasteiger partial charge is 0.0966 e. The third kappa shape index (κ3) is 4.82. The lowest BCUT2D eigenvalue weighted by Crippen LogP contribution is -2.33. The van der Waals surface area contributed by atoms with E-state index in [1.807, 2.05) is 32.3 Å². The number of hydrogen-bond acceptors (Lipinski definition) is 5. The molecule has 4 heterocycles. The second-order valence-electron chi connectivity index (χ2n) is 9.14. The van der Waals surface area contributed by atoms with Crippen molar-refractivity contribution in [3.63, 3.8) is 0 Å². The van der Waals surface area contributed by atoms with Crippen LogP contribution in [0.5, 0.6) is 0 Å². The van der Waals surface area contributed by atoms with Gasteiger partial charge < -0.3 is 15.2 Å². The Morgan fingerprint density at radius 1 is 0.972 bits per heavy atom. The van der Waals surface area contributed by atoms with E-state index in [1.165, 1.54) is 16.5 Å². The first kappa shape index (κ1) is 23.9. The van der Waals surface area contributed by atoms with Crippen LogP contribution in [0.25, 0.3) is 33.1 Å². The van der Waals surface area contributed by atoms with Gasteiger partial charge in [0.05, 0.1) is 17.1 Å². The molecule has 6 heteroatoms. The van der Waals surface area contributed by atoms with Gasteiger partial charge in [-0.2, -0.15) is 0 Å². The molecule has 184 valence electrons. The van der Waals surface area contributed by atoms with Crippen LogP contribution in [0, 0.1) is 5.92 Å². The van der Waals surface area contributed by atoms with Gasteiger partial charge in [-0.15, -0.1) is 0 Å². The fraction of sp³-hybridized carbons (Fsp3) is 0.300. The van der Waals surface area contributed by atoms with E-state index in [-0.39, 0.29) is 6.04 Å². The van der Waals surface area contributed by atoms with Gasteiger partial charge in [-0.05, 0) is 78.7 Å². The predicted molar refractivity (Wildman–Crippen MR) is 149 cm³/mol. The first-order valence-corrected chi connectivity index (χ1v) is 12.9. The monoisotopic (exact) mass is 478 g/mol. The summed E-state index contributed by atoms with van der Waals surface area (Å²) in [5.41, 5.74) is 7.53. The highest BCUT2D eigenvalue weighted by atomic mass is 15.0. The molecule has 0 saturated carbocycles. The second-order valence-corrected chi connectivity index (χ2v) is 9.14. The number of anilines is 1. The van der Waals surface area contributed by atoms with Crippen molar-refractivity contribution in [2.75, 3.05) is 18.4 Å². The molecule has 6 nitrogen and oxygen atoms in total. The maximum absolute atomic E-state index is 4.70. The van der Waals surface area contributed by atoms with Crippen LogP contribution in [0.3, 0.4) is 0 Å². The average molecular weight is 479 g/mol. The number of nitrogens with zero attached hydrogens (tertiary/aromatic N) is 4. The molecule has 2 aromatic carbocycles. The highest BCUT2D eigenvalue weighted by Gasteiger charge is 2.25. The minimum Gasteiger partial charge on any atom is -0.378 e. The second kappa shape index (κ2) is 10.9. The van der Waals surface area contributed by atoms with Crippen LogP contribution in [0.1, 0.15) is 38.3 Å². The zero-order valence-electron chi connectivity index (χ0n) is 21.3. The first-order chi connectivity index (χ1) is 17.8. The van der Waals surface area contributed by atoms with Crippen molar-refractivity contribution in [3.8, 4) is 11.1 Å². The summed E-state index contributed by atoms with van der Waals surface area (Å²) < 4.78 is 2.16. The van der Waals surface area contributed by atoms with Gasteiger partial charge in [0, 0.05) is 54.8 Å². The van der Waals surface area contributed by atoms with Gasteiger partial charge in [0.25, 0.3) is 0 Å². The van der Waals surface area contributed by atoms with Gasteiger partial charge in [-0.1, -0.05) is 32.0 Å². The van der Waals surface area contributed by atoms with Gasteiger partial charge >= 0.3 is 0 Å². The van der Waals surface area contributed by atoms with E-state index in [0.29, 0.717) is 5.92 Å². The molecule has 1 saturated heterocycles. The quantitative estimate of drug-likeness (QED) is 0.308. The molecule has 2 N–H and O–H groups in total. The molecule has 3 aromatic heterocycles. The number of nitrogens with one attached hydrogen (secondary N) is 2. The minimum absolute atomic E-state index is 0.188. The van der Waals surface area contributed by atoms with Gasteiger partial charge in [-0.3, -0.25) is 15.0 Å². The number of piperidine rings is 1. The first-order valence-electron chi connectivity index (χ1n) is 12.9. The Morgan fingerprint density at radius 3 is 2.61 bits per heavy atom. The van der Waals surface area contributed by atoms with Gasteiger partial charge in [-0.25, -0.2) is 0 Å². The topological polar surface area (TPSA) is 67.7 Å². The Morgan fingerprint density at radius 2 is 1.81 bits per heavy atom. The molecule has 1 aliphatic heterocycles.